The Balaban J connectivity index is 1.37. The van der Waals surface area contributed by atoms with Crippen LogP contribution in [0.5, 0.6) is 0 Å². The van der Waals surface area contributed by atoms with Crippen molar-refractivity contribution in [1.29, 1.82) is 0 Å². The highest BCUT2D eigenvalue weighted by Crippen LogP contribution is 2.48. The van der Waals surface area contributed by atoms with Gasteiger partial charge in [0.2, 0.25) is 5.91 Å². The summed E-state index contributed by atoms with van der Waals surface area (Å²) in [6.45, 7) is 2.99. The topological polar surface area (TPSA) is 98.7 Å². The summed E-state index contributed by atoms with van der Waals surface area (Å²) in [4.78, 5) is 21.6. The number of nitrogens with one attached hydrogen (secondary N) is 1. The van der Waals surface area contributed by atoms with Crippen LogP contribution in [0, 0.1) is 5.92 Å². The van der Waals surface area contributed by atoms with Crippen LogP contribution in [0.2, 0.25) is 10.0 Å². The van der Waals surface area contributed by atoms with Gasteiger partial charge in [-0.15, -0.1) is 0 Å². The first-order chi connectivity index (χ1) is 15.9. The van der Waals surface area contributed by atoms with Crippen molar-refractivity contribution < 1.29 is 4.79 Å². The van der Waals surface area contributed by atoms with Crippen molar-refractivity contribution in [2.75, 3.05) is 11.1 Å². The lowest BCUT2D eigenvalue weighted by Gasteiger charge is -2.11. The molecule has 0 aliphatic heterocycles. The van der Waals surface area contributed by atoms with Crippen molar-refractivity contribution in [3.8, 4) is 11.3 Å². The van der Waals surface area contributed by atoms with Crippen LogP contribution < -0.4 is 11.1 Å². The second-order valence-corrected chi connectivity index (χ2v) is 9.07. The molecule has 0 spiro atoms. The Bertz CT molecular complexity index is 1350. The lowest BCUT2D eigenvalue weighted by molar-refractivity contribution is -0.117. The highest BCUT2D eigenvalue weighted by Gasteiger charge is 2.44. The SMILES string of the molecule is CCCn1cc([C@H]2C[C@@H]2C(=O)Nc2cc3cc(-c4c(Cl)cccc4Cl)nc(N)c3cn2)cn1. The fourth-order valence-electron chi connectivity index (χ4n) is 4.11. The molecule has 0 bridgehead atoms. The Morgan fingerprint density at radius 3 is 2.79 bits per heavy atom. The van der Waals surface area contributed by atoms with Gasteiger partial charge in [-0.1, -0.05) is 36.2 Å². The van der Waals surface area contributed by atoms with Gasteiger partial charge in [-0.3, -0.25) is 9.48 Å². The molecule has 4 aromatic rings. The molecule has 9 heteroatoms. The number of carbonyl (C=O) groups excluding carboxylic acids is 1. The van der Waals surface area contributed by atoms with Gasteiger partial charge >= 0.3 is 0 Å². The summed E-state index contributed by atoms with van der Waals surface area (Å²) in [6, 6.07) is 8.91. The summed E-state index contributed by atoms with van der Waals surface area (Å²) in [5.74, 6) is 0.843. The number of pyridine rings is 2. The van der Waals surface area contributed by atoms with Crippen LogP contribution in [0.4, 0.5) is 11.6 Å². The van der Waals surface area contributed by atoms with Crippen LogP contribution in [0.1, 0.15) is 31.2 Å². The smallest absolute Gasteiger partial charge is 0.229 e. The van der Waals surface area contributed by atoms with Crippen molar-refractivity contribution in [3.05, 3.63) is 64.5 Å². The van der Waals surface area contributed by atoms with E-state index < -0.39 is 0 Å². The largest absolute Gasteiger partial charge is 0.383 e. The maximum atomic E-state index is 12.8. The molecule has 1 saturated carbocycles. The Morgan fingerprint density at radius 2 is 2.03 bits per heavy atom. The molecule has 1 aliphatic rings. The zero-order chi connectivity index (χ0) is 23.1. The van der Waals surface area contributed by atoms with E-state index in [1.165, 1.54) is 0 Å². The number of aromatic nitrogens is 4. The number of aryl methyl sites for hydroxylation is 1. The third kappa shape index (κ3) is 4.26. The summed E-state index contributed by atoms with van der Waals surface area (Å²) in [7, 11) is 0. The number of nitrogen functional groups attached to an aromatic ring is 1. The Labute approximate surface area is 200 Å². The zero-order valence-corrected chi connectivity index (χ0v) is 19.4. The van der Waals surface area contributed by atoms with Crippen molar-refractivity contribution in [3.63, 3.8) is 0 Å². The van der Waals surface area contributed by atoms with Gasteiger partial charge in [0, 0.05) is 35.8 Å². The number of rotatable bonds is 6. The first-order valence-corrected chi connectivity index (χ1v) is 11.5. The van der Waals surface area contributed by atoms with Gasteiger partial charge in [-0.05, 0) is 54.0 Å². The number of hydrogen-bond acceptors (Lipinski definition) is 5. The lowest BCUT2D eigenvalue weighted by Crippen LogP contribution is -2.15. The summed E-state index contributed by atoms with van der Waals surface area (Å²) in [5.41, 5.74) is 8.46. The summed E-state index contributed by atoms with van der Waals surface area (Å²) >= 11 is 12.7. The molecular weight excluding hydrogens is 459 g/mol. The fraction of sp³-hybridized carbons (Fsp3) is 0.250. The molecule has 0 saturated heterocycles. The molecule has 3 N–H and O–H groups in total. The van der Waals surface area contributed by atoms with Gasteiger partial charge in [0.25, 0.3) is 0 Å². The second-order valence-electron chi connectivity index (χ2n) is 8.25. The molecule has 7 nitrogen and oxygen atoms in total. The lowest BCUT2D eigenvalue weighted by atomic mass is 10.1. The van der Waals surface area contributed by atoms with Crippen LogP contribution in [0.25, 0.3) is 22.0 Å². The molecule has 0 unspecified atom stereocenters. The van der Waals surface area contributed by atoms with Gasteiger partial charge in [0.1, 0.15) is 11.6 Å². The molecule has 5 rings (SSSR count). The number of carbonyl (C=O) groups is 1. The first kappa shape index (κ1) is 21.7. The van der Waals surface area contributed by atoms with Gasteiger partial charge in [-0.2, -0.15) is 5.10 Å². The molecule has 3 heterocycles. The molecule has 2 atom stereocenters. The standard InChI is InChI=1S/C24H22Cl2N6O/c1-2-6-32-12-14(10-29-32)15-9-16(15)24(33)31-21-8-13-7-20(30-23(27)17(13)11-28-21)22-18(25)4-3-5-19(22)26/h3-5,7-8,10-12,15-16H,2,6,9H2,1H3,(H2,27,30)(H,28,31,33)/t15-,16+/m1/s1. The Hall–Kier alpha value is -3.16. The minimum atomic E-state index is -0.0817. The normalized spacial score (nSPS) is 17.3. The van der Waals surface area contributed by atoms with E-state index in [0.29, 0.717) is 38.3 Å². The average Bonchev–Trinajstić information content (AvgIpc) is 3.45. The molecule has 3 aromatic heterocycles. The number of anilines is 2. The number of amides is 1. The first-order valence-electron chi connectivity index (χ1n) is 10.8. The predicted molar refractivity (Wildman–Crippen MR) is 131 cm³/mol. The van der Waals surface area contributed by atoms with Crippen molar-refractivity contribution in [1.82, 2.24) is 19.7 Å². The van der Waals surface area contributed by atoms with E-state index in [1.54, 1.807) is 30.5 Å². The predicted octanol–water partition coefficient (Wildman–Crippen LogP) is 5.53. The van der Waals surface area contributed by atoms with Crippen LogP contribution >= 0.6 is 23.2 Å². The minimum Gasteiger partial charge on any atom is -0.383 e. The van der Waals surface area contributed by atoms with Crippen molar-refractivity contribution >= 4 is 51.5 Å². The summed E-state index contributed by atoms with van der Waals surface area (Å²) < 4.78 is 1.93. The molecular formula is C24H22Cl2N6O. The third-order valence-corrected chi connectivity index (χ3v) is 6.51. The van der Waals surface area contributed by atoms with Crippen LogP contribution in [0.15, 0.2) is 48.9 Å². The average molecular weight is 481 g/mol. The summed E-state index contributed by atoms with van der Waals surface area (Å²) in [6.07, 6.45) is 7.34. The fourth-order valence-corrected chi connectivity index (χ4v) is 4.70. The van der Waals surface area contributed by atoms with Crippen LogP contribution in [-0.2, 0) is 11.3 Å². The van der Waals surface area contributed by atoms with Gasteiger partial charge in [-0.25, -0.2) is 9.97 Å². The van der Waals surface area contributed by atoms with E-state index in [9.17, 15) is 4.79 Å². The maximum absolute atomic E-state index is 12.8. The van der Waals surface area contributed by atoms with E-state index in [4.69, 9.17) is 28.9 Å². The quantitative estimate of drug-likeness (QED) is 0.377. The molecule has 1 aliphatic carbocycles. The number of benzene rings is 1. The van der Waals surface area contributed by atoms with Crippen molar-refractivity contribution in [2.45, 2.75) is 32.2 Å². The minimum absolute atomic E-state index is 0.0495. The van der Waals surface area contributed by atoms with Gasteiger partial charge in [0.05, 0.1) is 21.9 Å². The molecule has 1 fully saturated rings. The number of hydrogen-bond donors (Lipinski definition) is 2. The summed E-state index contributed by atoms with van der Waals surface area (Å²) in [5, 5.41) is 9.75. The molecule has 1 aromatic carbocycles. The van der Waals surface area contributed by atoms with Gasteiger partial charge in [0.15, 0.2) is 0 Å². The highest BCUT2D eigenvalue weighted by atomic mass is 35.5. The van der Waals surface area contributed by atoms with Gasteiger partial charge < -0.3 is 11.1 Å². The number of nitrogens with zero attached hydrogens (tertiary/aromatic N) is 4. The molecule has 0 radical (unpaired) electrons. The van der Waals surface area contributed by atoms with E-state index in [0.717, 1.165) is 30.3 Å². The maximum Gasteiger partial charge on any atom is 0.229 e. The van der Waals surface area contributed by atoms with Crippen molar-refractivity contribution in [2.24, 2.45) is 5.92 Å². The highest BCUT2D eigenvalue weighted by molar-refractivity contribution is 6.39. The molecule has 33 heavy (non-hydrogen) atoms. The third-order valence-electron chi connectivity index (χ3n) is 5.88. The van der Waals surface area contributed by atoms with E-state index in [-0.39, 0.29) is 17.7 Å². The van der Waals surface area contributed by atoms with E-state index in [1.807, 2.05) is 23.1 Å². The Kier molecular flexibility index (Phi) is 5.68. The number of halogens is 2. The molecule has 168 valence electrons. The van der Waals surface area contributed by atoms with E-state index in [2.05, 4.69) is 27.3 Å². The zero-order valence-electron chi connectivity index (χ0n) is 17.9. The molecule has 1 amide bonds. The van der Waals surface area contributed by atoms with E-state index >= 15 is 0 Å². The number of fused-ring (bicyclic) bond motifs is 1. The monoisotopic (exact) mass is 480 g/mol. The Morgan fingerprint density at radius 1 is 1.24 bits per heavy atom. The van der Waals surface area contributed by atoms with Crippen LogP contribution in [-0.4, -0.2) is 25.7 Å². The number of nitrogens with two attached hydrogens (primary N) is 1. The van der Waals surface area contributed by atoms with Crippen LogP contribution in [0.3, 0.4) is 0 Å². The second kappa shape index (κ2) is 8.65.